The highest BCUT2D eigenvalue weighted by molar-refractivity contribution is 5.81. The molecule has 3 heteroatoms. The van der Waals surface area contributed by atoms with Gasteiger partial charge in [-0.05, 0) is 12.1 Å². The summed E-state index contributed by atoms with van der Waals surface area (Å²) in [5.74, 6) is 0. The van der Waals surface area contributed by atoms with Crippen LogP contribution < -0.4 is 4.90 Å². The fourth-order valence-electron chi connectivity index (χ4n) is 1.51. The first-order valence-electron chi connectivity index (χ1n) is 4.39. The molecule has 1 aliphatic heterocycles. The van der Waals surface area contributed by atoms with Gasteiger partial charge in [-0.1, -0.05) is 12.1 Å². The Balaban J connectivity index is 2.32. The summed E-state index contributed by atoms with van der Waals surface area (Å²) in [6, 6.07) is 7.97. The highest BCUT2D eigenvalue weighted by Gasteiger charge is 2.11. The van der Waals surface area contributed by atoms with Crippen LogP contribution in [-0.4, -0.2) is 31.0 Å². The van der Waals surface area contributed by atoms with E-state index in [0.717, 1.165) is 17.9 Å². The quantitative estimate of drug-likeness (QED) is 0.735. The molecule has 0 spiro atoms. The van der Waals surface area contributed by atoms with Crippen molar-refractivity contribution in [2.45, 2.75) is 0 Å². The summed E-state index contributed by atoms with van der Waals surface area (Å²) < 4.78 is 0. The molecule has 0 saturated heterocycles. The average Bonchev–Trinajstić information content (AvgIpc) is 2.19. The molecule has 3 nitrogen and oxygen atoms in total. The van der Waals surface area contributed by atoms with Crippen molar-refractivity contribution >= 4 is 17.6 Å². The van der Waals surface area contributed by atoms with E-state index in [9.17, 15) is 0 Å². The Morgan fingerprint density at radius 1 is 1.38 bits per heavy atom. The Morgan fingerprint density at radius 3 is 3.08 bits per heavy atom. The summed E-state index contributed by atoms with van der Waals surface area (Å²) in [5, 5.41) is 8.86. The Kier molecular flexibility index (Phi) is 2.27. The van der Waals surface area contributed by atoms with Crippen molar-refractivity contribution in [2.75, 3.05) is 24.6 Å². The number of para-hydroxylation sites is 2. The molecule has 0 aliphatic carbocycles. The number of hydrogen-bond acceptors (Lipinski definition) is 3. The summed E-state index contributed by atoms with van der Waals surface area (Å²) in [5.41, 5.74) is 2.10. The molecule has 0 fully saturated rings. The molecule has 0 bridgehead atoms. The van der Waals surface area contributed by atoms with Gasteiger partial charge in [-0.15, -0.1) is 0 Å². The van der Waals surface area contributed by atoms with E-state index >= 15 is 0 Å². The summed E-state index contributed by atoms with van der Waals surface area (Å²) in [6.07, 6.45) is 1.87. The molecule has 2 rings (SSSR count). The molecule has 0 radical (unpaired) electrons. The van der Waals surface area contributed by atoms with E-state index in [1.165, 1.54) is 0 Å². The molecule has 1 aromatic rings. The number of rotatable bonds is 2. The average molecular weight is 176 g/mol. The third-order valence-corrected chi connectivity index (χ3v) is 2.12. The van der Waals surface area contributed by atoms with Gasteiger partial charge in [0, 0.05) is 12.8 Å². The molecule has 0 atom stereocenters. The lowest BCUT2D eigenvalue weighted by Gasteiger charge is -2.26. The molecule has 13 heavy (non-hydrogen) atoms. The number of hydrogen-bond donors (Lipinski definition) is 1. The third-order valence-electron chi connectivity index (χ3n) is 2.12. The Morgan fingerprint density at radius 2 is 2.23 bits per heavy atom. The molecule has 0 unspecified atom stereocenters. The Labute approximate surface area is 77.3 Å². The van der Waals surface area contributed by atoms with Crippen LogP contribution in [0.3, 0.4) is 0 Å². The van der Waals surface area contributed by atoms with Crippen molar-refractivity contribution in [3.8, 4) is 0 Å². The van der Waals surface area contributed by atoms with Crippen LogP contribution in [0, 0.1) is 0 Å². The van der Waals surface area contributed by atoms with E-state index in [-0.39, 0.29) is 6.61 Å². The zero-order valence-electron chi connectivity index (χ0n) is 7.35. The second-order valence-electron chi connectivity index (χ2n) is 2.97. The fraction of sp³-hybridized carbons (Fsp3) is 0.300. The Hall–Kier alpha value is -1.35. The lowest BCUT2D eigenvalue weighted by molar-refractivity contribution is 0.303. The zero-order valence-corrected chi connectivity index (χ0v) is 7.35. The van der Waals surface area contributed by atoms with Crippen molar-refractivity contribution in [1.29, 1.82) is 0 Å². The number of aliphatic imine (C=N–C) groups is 1. The first-order valence-corrected chi connectivity index (χ1v) is 4.39. The number of aliphatic hydroxyl groups is 1. The molecule has 0 aromatic heterocycles. The summed E-state index contributed by atoms with van der Waals surface area (Å²) in [4.78, 5) is 6.39. The lowest BCUT2D eigenvalue weighted by Crippen LogP contribution is -2.30. The van der Waals surface area contributed by atoms with E-state index in [0.29, 0.717) is 6.54 Å². The van der Waals surface area contributed by atoms with E-state index in [1.807, 2.05) is 30.5 Å². The van der Waals surface area contributed by atoms with Gasteiger partial charge < -0.3 is 10.0 Å². The van der Waals surface area contributed by atoms with Gasteiger partial charge in [0.05, 0.1) is 24.5 Å². The topological polar surface area (TPSA) is 35.8 Å². The largest absolute Gasteiger partial charge is 0.395 e. The molecule has 1 aromatic carbocycles. The van der Waals surface area contributed by atoms with Gasteiger partial charge in [-0.25, -0.2) is 0 Å². The zero-order chi connectivity index (χ0) is 9.10. The standard InChI is InChI=1S/C10H12N2O/c13-8-7-12-6-5-11-9-3-1-2-4-10(9)12/h1-5,13H,6-8H2. The van der Waals surface area contributed by atoms with Crippen LogP contribution >= 0.6 is 0 Å². The van der Waals surface area contributed by atoms with E-state index in [1.54, 1.807) is 0 Å². The van der Waals surface area contributed by atoms with E-state index < -0.39 is 0 Å². The normalized spacial score (nSPS) is 14.4. The minimum Gasteiger partial charge on any atom is -0.395 e. The molecule has 1 N–H and O–H groups in total. The molecule has 0 saturated carbocycles. The monoisotopic (exact) mass is 176 g/mol. The first kappa shape index (κ1) is 8.26. The second-order valence-corrected chi connectivity index (χ2v) is 2.97. The lowest BCUT2D eigenvalue weighted by atomic mass is 10.2. The van der Waals surface area contributed by atoms with Crippen molar-refractivity contribution in [3.63, 3.8) is 0 Å². The van der Waals surface area contributed by atoms with Gasteiger partial charge in [0.15, 0.2) is 0 Å². The van der Waals surface area contributed by atoms with Gasteiger partial charge in [-0.2, -0.15) is 0 Å². The molecule has 68 valence electrons. The maximum atomic E-state index is 8.86. The molecular weight excluding hydrogens is 164 g/mol. The summed E-state index contributed by atoms with van der Waals surface area (Å²) in [6.45, 7) is 1.64. The number of β-amino-alcohol motifs (C(OH)–C–C–N with tert-alkyl or cyclic N) is 1. The van der Waals surface area contributed by atoms with Gasteiger partial charge in [0.25, 0.3) is 0 Å². The van der Waals surface area contributed by atoms with Gasteiger partial charge in [0.1, 0.15) is 0 Å². The van der Waals surface area contributed by atoms with Crippen molar-refractivity contribution in [1.82, 2.24) is 0 Å². The van der Waals surface area contributed by atoms with Crippen LogP contribution in [0.25, 0.3) is 0 Å². The number of aliphatic hydroxyl groups excluding tert-OH is 1. The van der Waals surface area contributed by atoms with E-state index in [2.05, 4.69) is 9.89 Å². The van der Waals surface area contributed by atoms with Crippen LogP contribution in [0.4, 0.5) is 11.4 Å². The Bertz CT molecular complexity index is 322. The first-order chi connectivity index (χ1) is 6.42. The van der Waals surface area contributed by atoms with Gasteiger partial charge >= 0.3 is 0 Å². The molecular formula is C10H12N2O. The number of benzene rings is 1. The van der Waals surface area contributed by atoms with Crippen LogP contribution in [0.2, 0.25) is 0 Å². The van der Waals surface area contributed by atoms with Crippen LogP contribution in [-0.2, 0) is 0 Å². The summed E-state index contributed by atoms with van der Waals surface area (Å²) in [7, 11) is 0. The van der Waals surface area contributed by atoms with Crippen molar-refractivity contribution < 1.29 is 5.11 Å². The maximum absolute atomic E-state index is 8.86. The van der Waals surface area contributed by atoms with Crippen LogP contribution in [0.1, 0.15) is 0 Å². The van der Waals surface area contributed by atoms with Crippen LogP contribution in [0.15, 0.2) is 29.3 Å². The predicted octanol–water partition coefficient (Wildman–Crippen LogP) is 1.20. The minimum atomic E-state index is 0.183. The highest BCUT2D eigenvalue weighted by Crippen LogP contribution is 2.29. The third kappa shape index (κ3) is 1.55. The minimum absolute atomic E-state index is 0.183. The number of nitrogens with zero attached hydrogens (tertiary/aromatic N) is 2. The maximum Gasteiger partial charge on any atom is 0.0860 e. The second kappa shape index (κ2) is 3.58. The van der Waals surface area contributed by atoms with Gasteiger partial charge in [0.2, 0.25) is 0 Å². The smallest absolute Gasteiger partial charge is 0.0860 e. The number of fused-ring (bicyclic) bond motifs is 1. The highest BCUT2D eigenvalue weighted by atomic mass is 16.3. The SMILES string of the molecule is OCCN1CC=Nc2ccccc21. The summed E-state index contributed by atoms with van der Waals surface area (Å²) >= 11 is 0. The molecule has 0 amide bonds. The van der Waals surface area contributed by atoms with Gasteiger partial charge in [-0.3, -0.25) is 4.99 Å². The number of anilines is 1. The predicted molar refractivity (Wildman–Crippen MR) is 53.9 cm³/mol. The molecule has 1 heterocycles. The molecule has 1 aliphatic rings. The van der Waals surface area contributed by atoms with Crippen molar-refractivity contribution in [3.05, 3.63) is 24.3 Å². The van der Waals surface area contributed by atoms with Crippen LogP contribution in [0.5, 0.6) is 0 Å². The van der Waals surface area contributed by atoms with E-state index in [4.69, 9.17) is 5.11 Å². The van der Waals surface area contributed by atoms with Crippen molar-refractivity contribution in [2.24, 2.45) is 4.99 Å². The fourth-order valence-corrected chi connectivity index (χ4v) is 1.51.